The highest BCUT2D eigenvalue weighted by atomic mass is 32.2. The summed E-state index contributed by atoms with van der Waals surface area (Å²) in [5, 5.41) is 3.00. The maximum atomic E-state index is 12.7. The van der Waals surface area contributed by atoms with Crippen LogP contribution in [0.2, 0.25) is 0 Å². The number of aryl methyl sites for hydroxylation is 1. The standard InChI is InChI=1S/C23H31N3O3S/c1-4-19-5-9-21(10-6-19)18(2)24-23(27)22-11-7-20(8-12-22)17-30(28,29)26-15-13-25(3)14-16-26/h5-12,18H,4,13-17H2,1-3H3,(H,24,27)/t18-/m1/s1. The van der Waals surface area contributed by atoms with Crippen molar-refractivity contribution in [2.75, 3.05) is 33.2 Å². The van der Waals surface area contributed by atoms with Crippen molar-refractivity contribution in [1.29, 1.82) is 0 Å². The van der Waals surface area contributed by atoms with Gasteiger partial charge in [-0.25, -0.2) is 8.42 Å². The van der Waals surface area contributed by atoms with Gasteiger partial charge < -0.3 is 10.2 Å². The van der Waals surface area contributed by atoms with Crippen LogP contribution in [0.25, 0.3) is 0 Å². The van der Waals surface area contributed by atoms with E-state index in [1.807, 2.05) is 26.1 Å². The van der Waals surface area contributed by atoms with Crippen LogP contribution in [-0.2, 0) is 22.2 Å². The predicted octanol–water partition coefficient (Wildman–Crippen LogP) is 2.82. The largest absolute Gasteiger partial charge is 0.346 e. The van der Waals surface area contributed by atoms with Crippen molar-refractivity contribution in [2.24, 2.45) is 0 Å². The SMILES string of the molecule is CCc1ccc([C@@H](C)NC(=O)c2ccc(CS(=O)(=O)N3CCN(C)CC3)cc2)cc1. The van der Waals surface area contributed by atoms with Gasteiger partial charge in [0.05, 0.1) is 11.8 Å². The van der Waals surface area contributed by atoms with Gasteiger partial charge in [0, 0.05) is 31.7 Å². The Morgan fingerprint density at radius 1 is 0.967 bits per heavy atom. The van der Waals surface area contributed by atoms with Crippen LogP contribution in [0.5, 0.6) is 0 Å². The second-order valence-corrected chi connectivity index (χ2v) is 9.91. The molecule has 0 unspecified atom stereocenters. The van der Waals surface area contributed by atoms with E-state index in [2.05, 4.69) is 29.3 Å². The fourth-order valence-electron chi connectivity index (χ4n) is 3.53. The third-order valence-corrected chi connectivity index (χ3v) is 7.51. The Balaban J connectivity index is 1.59. The summed E-state index contributed by atoms with van der Waals surface area (Å²) < 4.78 is 26.9. The maximum absolute atomic E-state index is 12.7. The molecule has 1 aliphatic rings. The Morgan fingerprint density at radius 3 is 2.10 bits per heavy atom. The second-order valence-electron chi connectivity index (χ2n) is 7.95. The van der Waals surface area contributed by atoms with Crippen molar-refractivity contribution >= 4 is 15.9 Å². The number of piperazine rings is 1. The highest BCUT2D eigenvalue weighted by molar-refractivity contribution is 7.88. The van der Waals surface area contributed by atoms with Gasteiger partial charge in [0.2, 0.25) is 10.0 Å². The molecule has 1 N–H and O–H groups in total. The minimum atomic E-state index is -3.35. The van der Waals surface area contributed by atoms with Gasteiger partial charge in [0.15, 0.2) is 0 Å². The number of nitrogens with zero attached hydrogens (tertiary/aromatic N) is 2. The van der Waals surface area contributed by atoms with E-state index in [0.717, 1.165) is 25.1 Å². The first-order chi connectivity index (χ1) is 14.3. The van der Waals surface area contributed by atoms with Gasteiger partial charge in [-0.2, -0.15) is 4.31 Å². The summed E-state index contributed by atoms with van der Waals surface area (Å²) in [5.41, 5.74) is 3.52. The van der Waals surface area contributed by atoms with Crippen molar-refractivity contribution in [3.63, 3.8) is 0 Å². The molecule has 0 spiro atoms. The number of hydrogen-bond donors (Lipinski definition) is 1. The molecule has 7 heteroatoms. The van der Waals surface area contributed by atoms with E-state index in [4.69, 9.17) is 0 Å². The van der Waals surface area contributed by atoms with E-state index < -0.39 is 10.0 Å². The zero-order valence-corrected chi connectivity index (χ0v) is 18.8. The summed E-state index contributed by atoms with van der Waals surface area (Å²) in [5.74, 6) is -0.214. The summed E-state index contributed by atoms with van der Waals surface area (Å²) in [6, 6.07) is 15.0. The van der Waals surface area contributed by atoms with Crippen LogP contribution >= 0.6 is 0 Å². The van der Waals surface area contributed by atoms with Crippen LogP contribution < -0.4 is 5.32 Å². The van der Waals surface area contributed by atoms with Gasteiger partial charge in [0.25, 0.3) is 5.91 Å². The quantitative estimate of drug-likeness (QED) is 0.735. The van der Waals surface area contributed by atoms with Crippen LogP contribution in [0.3, 0.4) is 0 Å². The Hall–Kier alpha value is -2.22. The van der Waals surface area contributed by atoms with Crippen molar-refractivity contribution in [2.45, 2.75) is 32.1 Å². The lowest BCUT2D eigenvalue weighted by molar-refractivity contribution is 0.0940. The summed E-state index contributed by atoms with van der Waals surface area (Å²) in [4.78, 5) is 14.7. The summed E-state index contributed by atoms with van der Waals surface area (Å²) >= 11 is 0. The van der Waals surface area contributed by atoms with E-state index >= 15 is 0 Å². The minimum absolute atomic E-state index is 0.0429. The second kappa shape index (κ2) is 9.73. The third kappa shape index (κ3) is 5.68. The number of sulfonamides is 1. The van der Waals surface area contributed by atoms with Crippen LogP contribution in [0.4, 0.5) is 0 Å². The first-order valence-electron chi connectivity index (χ1n) is 10.4. The van der Waals surface area contributed by atoms with Crippen LogP contribution in [0.1, 0.15) is 46.9 Å². The van der Waals surface area contributed by atoms with Gasteiger partial charge in [-0.1, -0.05) is 43.3 Å². The summed E-state index contributed by atoms with van der Waals surface area (Å²) in [7, 11) is -1.35. The minimum Gasteiger partial charge on any atom is -0.346 e. The molecule has 162 valence electrons. The fourth-order valence-corrected chi connectivity index (χ4v) is 5.04. The van der Waals surface area contributed by atoms with Gasteiger partial charge >= 0.3 is 0 Å². The number of nitrogens with one attached hydrogen (secondary N) is 1. The highest BCUT2D eigenvalue weighted by Gasteiger charge is 2.25. The van der Waals surface area contributed by atoms with Gasteiger partial charge in [-0.15, -0.1) is 0 Å². The smallest absolute Gasteiger partial charge is 0.251 e. The molecule has 1 fully saturated rings. The zero-order valence-electron chi connectivity index (χ0n) is 18.0. The predicted molar refractivity (Wildman–Crippen MR) is 120 cm³/mol. The average molecular weight is 430 g/mol. The van der Waals surface area contributed by atoms with Gasteiger partial charge in [0.1, 0.15) is 0 Å². The first kappa shape index (κ1) is 22.5. The molecule has 1 aliphatic heterocycles. The number of rotatable bonds is 7. The number of hydrogen-bond acceptors (Lipinski definition) is 4. The molecule has 1 amide bonds. The summed E-state index contributed by atoms with van der Waals surface area (Å²) in [6.07, 6.45) is 0.984. The Kier molecular flexibility index (Phi) is 7.28. The zero-order chi connectivity index (χ0) is 21.7. The van der Waals surface area contributed by atoms with E-state index in [9.17, 15) is 13.2 Å². The lowest BCUT2D eigenvalue weighted by Gasteiger charge is -2.31. The molecule has 1 atom stereocenters. The molecular weight excluding hydrogens is 398 g/mol. The number of amides is 1. The topological polar surface area (TPSA) is 69.7 Å². The number of carbonyl (C=O) groups excluding carboxylic acids is 1. The van der Waals surface area contributed by atoms with Gasteiger partial charge in [-0.05, 0) is 49.2 Å². The fraction of sp³-hybridized carbons (Fsp3) is 0.435. The molecule has 0 saturated carbocycles. The monoisotopic (exact) mass is 429 g/mol. The van der Waals surface area contributed by atoms with Crippen LogP contribution in [0.15, 0.2) is 48.5 Å². The molecule has 2 aromatic carbocycles. The van der Waals surface area contributed by atoms with Crippen molar-refractivity contribution in [3.05, 3.63) is 70.8 Å². The van der Waals surface area contributed by atoms with Gasteiger partial charge in [-0.3, -0.25) is 4.79 Å². The average Bonchev–Trinajstić information content (AvgIpc) is 2.74. The molecule has 0 aromatic heterocycles. The Bertz CT molecular complexity index is 948. The molecule has 0 aliphatic carbocycles. The molecule has 6 nitrogen and oxygen atoms in total. The molecule has 1 saturated heterocycles. The number of benzene rings is 2. The van der Waals surface area contributed by atoms with Crippen LogP contribution in [-0.4, -0.2) is 56.8 Å². The van der Waals surface area contributed by atoms with Crippen LogP contribution in [0, 0.1) is 0 Å². The molecule has 30 heavy (non-hydrogen) atoms. The molecular formula is C23H31N3O3S. The molecule has 3 rings (SSSR count). The lowest BCUT2D eigenvalue weighted by atomic mass is 10.0. The van der Waals surface area contributed by atoms with Crippen molar-refractivity contribution < 1.29 is 13.2 Å². The number of carbonyl (C=O) groups is 1. The Morgan fingerprint density at radius 2 is 1.53 bits per heavy atom. The summed E-state index contributed by atoms with van der Waals surface area (Å²) in [6.45, 7) is 6.61. The maximum Gasteiger partial charge on any atom is 0.251 e. The molecule has 0 radical (unpaired) electrons. The van der Waals surface area contributed by atoms with Crippen molar-refractivity contribution in [3.8, 4) is 0 Å². The molecule has 2 aromatic rings. The highest BCUT2D eigenvalue weighted by Crippen LogP contribution is 2.17. The molecule has 1 heterocycles. The van der Waals surface area contributed by atoms with E-state index in [1.165, 1.54) is 5.56 Å². The Labute approximate surface area is 179 Å². The normalized spacial score (nSPS) is 16.9. The third-order valence-electron chi connectivity index (χ3n) is 5.66. The number of likely N-dealkylation sites (N-methyl/N-ethyl adjacent to an activating group) is 1. The van der Waals surface area contributed by atoms with E-state index in [0.29, 0.717) is 24.2 Å². The first-order valence-corrected chi connectivity index (χ1v) is 12.0. The lowest BCUT2D eigenvalue weighted by Crippen LogP contribution is -2.47. The van der Waals surface area contributed by atoms with E-state index in [-0.39, 0.29) is 17.7 Å². The van der Waals surface area contributed by atoms with E-state index in [1.54, 1.807) is 28.6 Å². The van der Waals surface area contributed by atoms with Crippen molar-refractivity contribution in [1.82, 2.24) is 14.5 Å². The molecule has 0 bridgehead atoms.